The first-order chi connectivity index (χ1) is 8.60. The van der Waals surface area contributed by atoms with Gasteiger partial charge in [-0.15, -0.1) is 0 Å². The molecule has 2 rings (SSSR count). The second kappa shape index (κ2) is 5.38. The van der Waals surface area contributed by atoms with Crippen LogP contribution in [0.3, 0.4) is 0 Å². The Morgan fingerprint density at radius 2 is 2.00 bits per heavy atom. The lowest BCUT2D eigenvalue weighted by Gasteiger charge is -2.11. The van der Waals surface area contributed by atoms with Crippen LogP contribution in [0.5, 0.6) is 11.5 Å². The van der Waals surface area contributed by atoms with Gasteiger partial charge >= 0.3 is 0 Å². The zero-order chi connectivity index (χ0) is 13.1. The fourth-order valence-corrected chi connectivity index (χ4v) is 1.81. The smallest absolute Gasteiger partial charge is 0.142 e. The van der Waals surface area contributed by atoms with Crippen LogP contribution in [0.1, 0.15) is 11.1 Å². The molecule has 2 nitrogen and oxygen atoms in total. The molecule has 2 N–H and O–H groups in total. The summed E-state index contributed by atoms with van der Waals surface area (Å²) in [5.74, 6) is 0.678. The van der Waals surface area contributed by atoms with E-state index in [0.29, 0.717) is 18.0 Å². The Hall–Kier alpha value is -1.58. The molecule has 0 bridgehead atoms. The summed E-state index contributed by atoms with van der Waals surface area (Å²) >= 11 is 5.70. The summed E-state index contributed by atoms with van der Waals surface area (Å²) in [5.41, 5.74) is 7.67. The molecule has 0 aliphatic rings. The number of benzene rings is 2. The Kier molecular flexibility index (Phi) is 3.84. The lowest BCUT2D eigenvalue weighted by molar-refractivity contribution is 0.474. The maximum absolute atomic E-state index is 13.0. The predicted molar refractivity (Wildman–Crippen MR) is 70.6 cm³/mol. The zero-order valence-corrected chi connectivity index (χ0v) is 10.7. The minimum absolute atomic E-state index is 0.0360. The minimum Gasteiger partial charge on any atom is -0.457 e. The van der Waals surface area contributed by atoms with Crippen LogP contribution in [0.25, 0.3) is 0 Å². The highest BCUT2D eigenvalue weighted by atomic mass is 35.5. The molecule has 0 heterocycles. The zero-order valence-electron chi connectivity index (χ0n) is 9.91. The van der Waals surface area contributed by atoms with Gasteiger partial charge in [-0.25, -0.2) is 4.39 Å². The average Bonchev–Trinajstić information content (AvgIpc) is 2.36. The van der Waals surface area contributed by atoms with E-state index in [9.17, 15) is 4.39 Å². The van der Waals surface area contributed by atoms with Crippen molar-refractivity contribution in [2.24, 2.45) is 5.73 Å². The molecule has 0 aliphatic carbocycles. The Morgan fingerprint density at radius 1 is 1.22 bits per heavy atom. The molecule has 0 unspecified atom stereocenters. The molecule has 4 heteroatoms. The molecular formula is C14H13ClFNO. The highest BCUT2D eigenvalue weighted by Gasteiger charge is 2.06. The number of nitrogens with two attached hydrogens (primary N) is 1. The highest BCUT2D eigenvalue weighted by molar-refractivity contribution is 6.30. The quantitative estimate of drug-likeness (QED) is 0.909. The number of aryl methyl sites for hydroxylation is 1. The van der Waals surface area contributed by atoms with E-state index >= 15 is 0 Å². The van der Waals surface area contributed by atoms with Crippen molar-refractivity contribution in [2.45, 2.75) is 13.5 Å². The van der Waals surface area contributed by atoms with Gasteiger partial charge in [0, 0.05) is 18.2 Å². The normalized spacial score (nSPS) is 10.4. The fraction of sp³-hybridized carbons (Fsp3) is 0.143. The van der Waals surface area contributed by atoms with Crippen molar-refractivity contribution >= 4 is 11.6 Å². The van der Waals surface area contributed by atoms with Gasteiger partial charge < -0.3 is 10.5 Å². The van der Waals surface area contributed by atoms with Crippen molar-refractivity contribution in [3.63, 3.8) is 0 Å². The minimum atomic E-state index is -0.466. The molecule has 0 atom stereocenters. The van der Waals surface area contributed by atoms with Gasteiger partial charge in [0.2, 0.25) is 0 Å². The van der Waals surface area contributed by atoms with Crippen LogP contribution < -0.4 is 10.5 Å². The van der Waals surface area contributed by atoms with E-state index in [1.807, 2.05) is 25.1 Å². The lowest BCUT2D eigenvalue weighted by atomic mass is 10.1. The average molecular weight is 266 g/mol. The summed E-state index contributed by atoms with van der Waals surface area (Å²) in [7, 11) is 0. The molecule has 94 valence electrons. The van der Waals surface area contributed by atoms with Crippen LogP contribution in [0.15, 0.2) is 36.4 Å². The van der Waals surface area contributed by atoms with Crippen molar-refractivity contribution < 1.29 is 9.13 Å². The van der Waals surface area contributed by atoms with Crippen LogP contribution in [0.2, 0.25) is 5.02 Å². The summed E-state index contributed by atoms with van der Waals surface area (Å²) in [6.45, 7) is 2.36. The second-order valence-electron chi connectivity index (χ2n) is 3.99. The van der Waals surface area contributed by atoms with Gasteiger partial charge in [0.25, 0.3) is 0 Å². The van der Waals surface area contributed by atoms with E-state index < -0.39 is 5.82 Å². The largest absolute Gasteiger partial charge is 0.457 e. The van der Waals surface area contributed by atoms with Crippen LogP contribution in [-0.4, -0.2) is 0 Å². The molecule has 2 aromatic carbocycles. The molecule has 0 saturated carbocycles. The summed E-state index contributed by atoms with van der Waals surface area (Å²) < 4.78 is 18.7. The van der Waals surface area contributed by atoms with Gasteiger partial charge in [0.1, 0.15) is 17.3 Å². The van der Waals surface area contributed by atoms with Crippen LogP contribution in [0, 0.1) is 12.7 Å². The molecule has 2 aromatic rings. The molecule has 0 radical (unpaired) electrons. The first-order valence-electron chi connectivity index (χ1n) is 5.52. The van der Waals surface area contributed by atoms with Crippen LogP contribution in [0.4, 0.5) is 4.39 Å². The Labute approximate surface area is 110 Å². The highest BCUT2D eigenvalue weighted by Crippen LogP contribution is 2.28. The number of halogens is 2. The van der Waals surface area contributed by atoms with E-state index in [1.54, 1.807) is 0 Å². The van der Waals surface area contributed by atoms with Crippen molar-refractivity contribution in [1.29, 1.82) is 0 Å². The third kappa shape index (κ3) is 2.81. The third-order valence-corrected chi connectivity index (χ3v) is 2.84. The van der Waals surface area contributed by atoms with Crippen molar-refractivity contribution in [3.8, 4) is 11.5 Å². The van der Waals surface area contributed by atoms with E-state index in [-0.39, 0.29) is 5.02 Å². The summed E-state index contributed by atoms with van der Waals surface area (Å²) in [6.07, 6.45) is 0. The molecule has 0 aliphatic heterocycles. The predicted octanol–water partition coefficient (Wildman–Crippen LogP) is 4.04. The monoisotopic (exact) mass is 265 g/mol. The van der Waals surface area contributed by atoms with Gasteiger partial charge in [0.05, 0.1) is 5.02 Å². The topological polar surface area (TPSA) is 35.2 Å². The molecular weight excluding hydrogens is 253 g/mol. The third-order valence-electron chi connectivity index (χ3n) is 2.55. The molecule has 0 fully saturated rings. The van der Waals surface area contributed by atoms with Gasteiger partial charge in [-0.3, -0.25) is 0 Å². The van der Waals surface area contributed by atoms with Crippen molar-refractivity contribution in [3.05, 3.63) is 58.4 Å². The van der Waals surface area contributed by atoms with Crippen LogP contribution >= 0.6 is 11.6 Å². The van der Waals surface area contributed by atoms with E-state index in [2.05, 4.69) is 0 Å². The first kappa shape index (κ1) is 12.9. The maximum Gasteiger partial charge on any atom is 0.142 e. The van der Waals surface area contributed by atoms with Gasteiger partial charge in [0.15, 0.2) is 0 Å². The second-order valence-corrected chi connectivity index (χ2v) is 4.40. The summed E-state index contributed by atoms with van der Waals surface area (Å²) in [5, 5.41) is 0.0360. The Balaban J connectivity index is 2.30. The summed E-state index contributed by atoms with van der Waals surface area (Å²) in [6, 6.07) is 9.97. The number of ether oxygens (including phenoxy) is 1. The number of hydrogen-bond acceptors (Lipinski definition) is 2. The standard InChI is InChI=1S/C14H13ClFNO/c1-9-2-5-14(10(6-9)8-17)18-11-3-4-13(16)12(15)7-11/h2-7H,8,17H2,1H3. The summed E-state index contributed by atoms with van der Waals surface area (Å²) in [4.78, 5) is 0. The lowest BCUT2D eigenvalue weighted by Crippen LogP contribution is -2.00. The van der Waals surface area contributed by atoms with Crippen LogP contribution in [-0.2, 0) is 6.54 Å². The molecule has 0 amide bonds. The van der Waals surface area contributed by atoms with Crippen molar-refractivity contribution in [1.82, 2.24) is 0 Å². The molecule has 18 heavy (non-hydrogen) atoms. The Bertz CT molecular complexity index is 572. The van der Waals surface area contributed by atoms with Gasteiger partial charge in [-0.05, 0) is 25.1 Å². The molecule has 0 saturated heterocycles. The van der Waals surface area contributed by atoms with Gasteiger partial charge in [-0.1, -0.05) is 29.3 Å². The number of rotatable bonds is 3. The SMILES string of the molecule is Cc1ccc(Oc2ccc(F)c(Cl)c2)c(CN)c1. The first-order valence-corrected chi connectivity index (χ1v) is 5.90. The van der Waals surface area contributed by atoms with E-state index in [0.717, 1.165) is 11.1 Å². The van der Waals surface area contributed by atoms with E-state index in [1.165, 1.54) is 18.2 Å². The maximum atomic E-state index is 13.0. The fourth-order valence-electron chi connectivity index (χ4n) is 1.63. The van der Waals surface area contributed by atoms with E-state index in [4.69, 9.17) is 22.1 Å². The van der Waals surface area contributed by atoms with Crippen molar-refractivity contribution in [2.75, 3.05) is 0 Å². The van der Waals surface area contributed by atoms with Gasteiger partial charge in [-0.2, -0.15) is 0 Å². The number of hydrogen-bond donors (Lipinski definition) is 1. The molecule has 0 aromatic heterocycles. The molecule has 0 spiro atoms. The Morgan fingerprint density at radius 3 is 2.67 bits per heavy atom.